The molecule has 0 amide bonds. The molecule has 0 aliphatic carbocycles. The smallest absolute Gasteiger partial charge is 0.144 e. The van der Waals surface area contributed by atoms with E-state index in [1.165, 1.54) is 18.3 Å². The molecule has 0 saturated carbocycles. The fraction of sp³-hybridized carbons (Fsp3) is 0.350. The Hall–Kier alpha value is -1.96. The van der Waals surface area contributed by atoms with E-state index < -0.39 is 6.04 Å². The van der Waals surface area contributed by atoms with Gasteiger partial charge in [-0.05, 0) is 65.0 Å². The molecule has 7 heteroatoms. The number of benzene rings is 2. The predicted octanol–water partition coefficient (Wildman–Crippen LogP) is 4.60. The molecule has 0 aromatic heterocycles. The van der Waals surface area contributed by atoms with Crippen LogP contribution in [0, 0.1) is 11.2 Å². The minimum atomic E-state index is -0.408. The molecular weight excluding hydrogens is 413 g/mol. The number of hydrogen-bond donors (Lipinski definition) is 3. The van der Waals surface area contributed by atoms with Crippen molar-refractivity contribution in [3.8, 4) is 5.75 Å². The Balaban J connectivity index is 1.74. The maximum atomic E-state index is 13.1. The van der Waals surface area contributed by atoms with Crippen LogP contribution in [0.1, 0.15) is 36.4 Å². The highest BCUT2D eigenvalue weighted by Crippen LogP contribution is 2.35. The molecule has 1 aliphatic heterocycles. The van der Waals surface area contributed by atoms with E-state index in [0.717, 1.165) is 41.6 Å². The molecule has 144 valence electrons. The maximum absolute atomic E-state index is 13.1. The highest BCUT2D eigenvalue weighted by molar-refractivity contribution is 9.10. The number of nitrogens with one attached hydrogen (secondary N) is 2. The topological polar surface area (TPSA) is 80.4 Å². The minimum absolute atomic E-state index is 0.0621. The first-order chi connectivity index (χ1) is 13.1. The van der Waals surface area contributed by atoms with Crippen molar-refractivity contribution in [1.82, 2.24) is 0 Å². The SMILES string of the molecule is N=Cc1c(NC2CCCCO2)ccc(Br)c1OC[C@H](N)c1ccc(F)cc1. The zero-order chi connectivity index (χ0) is 19.2. The van der Waals surface area contributed by atoms with Crippen molar-refractivity contribution >= 4 is 27.8 Å². The third-order valence-corrected chi connectivity index (χ3v) is 5.12. The van der Waals surface area contributed by atoms with Crippen LogP contribution in [0.3, 0.4) is 0 Å². The van der Waals surface area contributed by atoms with Crippen molar-refractivity contribution < 1.29 is 13.9 Å². The van der Waals surface area contributed by atoms with E-state index in [-0.39, 0.29) is 18.7 Å². The van der Waals surface area contributed by atoms with Crippen molar-refractivity contribution in [2.45, 2.75) is 31.5 Å². The van der Waals surface area contributed by atoms with Crippen LogP contribution in [-0.2, 0) is 4.74 Å². The summed E-state index contributed by atoms with van der Waals surface area (Å²) in [6.07, 6.45) is 4.32. The second-order valence-electron chi connectivity index (χ2n) is 6.45. The van der Waals surface area contributed by atoms with E-state index in [2.05, 4.69) is 21.2 Å². The van der Waals surface area contributed by atoms with Crippen molar-refractivity contribution in [3.63, 3.8) is 0 Å². The number of anilines is 1. The van der Waals surface area contributed by atoms with Crippen LogP contribution in [0.4, 0.5) is 10.1 Å². The molecule has 2 aromatic rings. The van der Waals surface area contributed by atoms with E-state index >= 15 is 0 Å². The predicted molar refractivity (Wildman–Crippen MR) is 108 cm³/mol. The zero-order valence-corrected chi connectivity index (χ0v) is 16.5. The molecule has 0 bridgehead atoms. The molecule has 4 N–H and O–H groups in total. The molecule has 2 atom stereocenters. The lowest BCUT2D eigenvalue weighted by molar-refractivity contribution is 0.0343. The van der Waals surface area contributed by atoms with Crippen LogP contribution in [0.25, 0.3) is 0 Å². The van der Waals surface area contributed by atoms with Crippen LogP contribution >= 0.6 is 15.9 Å². The van der Waals surface area contributed by atoms with Gasteiger partial charge in [-0.25, -0.2) is 4.39 Å². The molecule has 2 aromatic carbocycles. The maximum Gasteiger partial charge on any atom is 0.144 e. The van der Waals surface area contributed by atoms with Crippen LogP contribution < -0.4 is 15.8 Å². The Morgan fingerprint density at radius 2 is 2.07 bits per heavy atom. The number of ether oxygens (including phenoxy) is 2. The lowest BCUT2D eigenvalue weighted by Gasteiger charge is -2.26. The first kappa shape index (κ1) is 19.8. The van der Waals surface area contributed by atoms with Gasteiger partial charge in [0, 0.05) is 18.5 Å². The lowest BCUT2D eigenvalue weighted by atomic mass is 10.1. The third kappa shape index (κ3) is 5.06. The Labute approximate surface area is 166 Å². The number of hydrogen-bond acceptors (Lipinski definition) is 5. The van der Waals surface area contributed by atoms with Gasteiger partial charge in [0.25, 0.3) is 0 Å². The van der Waals surface area contributed by atoms with Crippen LogP contribution in [0.2, 0.25) is 0 Å². The molecule has 5 nitrogen and oxygen atoms in total. The molecule has 0 spiro atoms. The molecule has 1 unspecified atom stereocenters. The Bertz CT molecular complexity index is 780. The van der Waals surface area contributed by atoms with Gasteiger partial charge < -0.3 is 25.9 Å². The van der Waals surface area contributed by atoms with Crippen molar-refractivity contribution in [2.75, 3.05) is 18.5 Å². The monoisotopic (exact) mass is 435 g/mol. The summed E-state index contributed by atoms with van der Waals surface area (Å²) in [5, 5.41) is 11.2. The second-order valence-corrected chi connectivity index (χ2v) is 7.31. The summed E-state index contributed by atoms with van der Waals surface area (Å²) >= 11 is 3.49. The van der Waals surface area contributed by atoms with Gasteiger partial charge in [0.1, 0.15) is 24.4 Å². The molecule has 1 aliphatic rings. The summed E-state index contributed by atoms with van der Waals surface area (Å²) in [6.45, 7) is 0.943. The molecule has 1 saturated heterocycles. The van der Waals surface area contributed by atoms with Crippen LogP contribution in [0.5, 0.6) is 5.75 Å². The van der Waals surface area contributed by atoms with Gasteiger partial charge in [-0.3, -0.25) is 0 Å². The van der Waals surface area contributed by atoms with Gasteiger partial charge in [-0.2, -0.15) is 0 Å². The van der Waals surface area contributed by atoms with Crippen LogP contribution in [0.15, 0.2) is 40.9 Å². The van der Waals surface area contributed by atoms with E-state index in [4.69, 9.17) is 20.6 Å². The van der Waals surface area contributed by atoms with Gasteiger partial charge in [-0.1, -0.05) is 12.1 Å². The second kappa shape index (κ2) is 9.30. The standard InChI is InChI=1S/C20H23BrFN3O2/c21-16-8-9-18(25-19-3-1-2-10-26-19)15(11-23)20(16)27-12-17(24)13-4-6-14(22)7-5-13/h4-9,11,17,19,23,25H,1-3,10,12,24H2/t17-,19?/m0/s1. The highest BCUT2D eigenvalue weighted by Gasteiger charge is 2.18. The van der Waals surface area contributed by atoms with Crippen molar-refractivity contribution in [1.29, 1.82) is 5.41 Å². The average Bonchev–Trinajstić information content (AvgIpc) is 2.69. The third-order valence-electron chi connectivity index (χ3n) is 4.49. The normalized spacial score (nSPS) is 18.0. The summed E-state index contributed by atoms with van der Waals surface area (Å²) in [4.78, 5) is 0. The van der Waals surface area contributed by atoms with Crippen molar-refractivity contribution in [2.24, 2.45) is 5.73 Å². The van der Waals surface area contributed by atoms with E-state index in [0.29, 0.717) is 11.3 Å². The Morgan fingerprint density at radius 1 is 1.30 bits per heavy atom. The molecular formula is C20H23BrFN3O2. The summed E-state index contributed by atoms with van der Waals surface area (Å²) < 4.78 is 25.5. The van der Waals surface area contributed by atoms with E-state index in [9.17, 15) is 4.39 Å². The summed E-state index contributed by atoms with van der Waals surface area (Å²) in [5.74, 6) is 0.243. The molecule has 27 heavy (non-hydrogen) atoms. The minimum Gasteiger partial charge on any atom is -0.490 e. The highest BCUT2D eigenvalue weighted by atomic mass is 79.9. The average molecular weight is 436 g/mol. The molecule has 1 fully saturated rings. The van der Waals surface area contributed by atoms with Gasteiger partial charge in [0.05, 0.1) is 16.1 Å². The molecule has 1 heterocycles. The van der Waals surface area contributed by atoms with Gasteiger partial charge in [0.2, 0.25) is 0 Å². The number of halogens is 2. The Kier molecular flexibility index (Phi) is 6.82. The lowest BCUT2D eigenvalue weighted by Crippen LogP contribution is -2.27. The molecule has 0 radical (unpaired) electrons. The van der Waals surface area contributed by atoms with E-state index in [1.807, 2.05) is 12.1 Å². The van der Waals surface area contributed by atoms with Gasteiger partial charge >= 0.3 is 0 Å². The summed E-state index contributed by atoms with van der Waals surface area (Å²) in [5.41, 5.74) is 8.36. The fourth-order valence-corrected chi connectivity index (χ4v) is 3.46. The van der Waals surface area contributed by atoms with Gasteiger partial charge in [0.15, 0.2) is 0 Å². The zero-order valence-electron chi connectivity index (χ0n) is 14.9. The first-order valence-corrected chi connectivity index (χ1v) is 9.72. The van der Waals surface area contributed by atoms with E-state index in [1.54, 1.807) is 12.1 Å². The van der Waals surface area contributed by atoms with Crippen molar-refractivity contribution in [3.05, 3.63) is 57.8 Å². The summed E-state index contributed by atoms with van der Waals surface area (Å²) in [6, 6.07) is 9.41. The largest absolute Gasteiger partial charge is 0.490 e. The first-order valence-electron chi connectivity index (χ1n) is 8.93. The number of rotatable bonds is 7. The van der Waals surface area contributed by atoms with Crippen LogP contribution in [-0.4, -0.2) is 25.7 Å². The number of nitrogens with two attached hydrogens (primary N) is 1. The van der Waals surface area contributed by atoms with Gasteiger partial charge in [-0.15, -0.1) is 0 Å². The summed E-state index contributed by atoms with van der Waals surface area (Å²) in [7, 11) is 0. The quantitative estimate of drug-likeness (QED) is 0.554. The fourth-order valence-electron chi connectivity index (χ4n) is 3.00. The Morgan fingerprint density at radius 3 is 2.74 bits per heavy atom. The molecule has 3 rings (SSSR count).